The zero-order chi connectivity index (χ0) is 13.3. The Kier molecular flexibility index (Phi) is 3.41. The van der Waals surface area contributed by atoms with E-state index in [1.807, 2.05) is 11.8 Å². The summed E-state index contributed by atoms with van der Waals surface area (Å²) in [4.78, 5) is 2.01. The fourth-order valence-corrected chi connectivity index (χ4v) is 2.45. The van der Waals surface area contributed by atoms with Crippen LogP contribution >= 0.6 is 0 Å². The topological polar surface area (TPSA) is 29.3 Å². The lowest BCUT2D eigenvalue weighted by Crippen LogP contribution is -2.37. The van der Waals surface area contributed by atoms with Crippen molar-refractivity contribution in [1.29, 1.82) is 0 Å². The molecule has 1 unspecified atom stereocenters. The van der Waals surface area contributed by atoms with E-state index in [9.17, 15) is 13.2 Å². The third-order valence-corrected chi connectivity index (χ3v) is 3.40. The highest BCUT2D eigenvalue weighted by molar-refractivity contribution is 5.59. The lowest BCUT2D eigenvalue weighted by atomic mass is 10.0. The normalized spacial score (nSPS) is 21.1. The van der Waals surface area contributed by atoms with Crippen molar-refractivity contribution < 1.29 is 13.2 Å². The SMILES string of the molecule is CC1CCCCN1c1cc(N)cc(C(F)(F)F)c1. The molecule has 2 rings (SSSR count). The molecule has 1 aliphatic rings. The van der Waals surface area contributed by atoms with Crippen molar-refractivity contribution in [3.63, 3.8) is 0 Å². The summed E-state index contributed by atoms with van der Waals surface area (Å²) in [7, 11) is 0. The molecule has 0 radical (unpaired) electrons. The van der Waals surface area contributed by atoms with Gasteiger partial charge in [-0.15, -0.1) is 0 Å². The third-order valence-electron chi connectivity index (χ3n) is 3.40. The second kappa shape index (κ2) is 4.71. The molecule has 1 fully saturated rings. The summed E-state index contributed by atoms with van der Waals surface area (Å²) in [6.45, 7) is 2.83. The molecule has 0 spiro atoms. The number of benzene rings is 1. The van der Waals surface area contributed by atoms with Gasteiger partial charge in [0.15, 0.2) is 0 Å². The summed E-state index contributed by atoms with van der Waals surface area (Å²) in [5.74, 6) is 0. The maximum absolute atomic E-state index is 12.7. The molecule has 0 aliphatic carbocycles. The zero-order valence-electron chi connectivity index (χ0n) is 10.3. The standard InChI is InChI=1S/C13H17F3N2/c1-9-4-2-3-5-18(9)12-7-10(13(14,15)16)6-11(17)8-12/h6-9H,2-5,17H2,1H3. The highest BCUT2D eigenvalue weighted by atomic mass is 19.4. The van der Waals surface area contributed by atoms with Crippen molar-refractivity contribution in [2.75, 3.05) is 17.2 Å². The van der Waals surface area contributed by atoms with E-state index in [0.717, 1.165) is 31.9 Å². The van der Waals surface area contributed by atoms with Crippen LogP contribution in [-0.2, 0) is 6.18 Å². The lowest BCUT2D eigenvalue weighted by Gasteiger charge is -2.35. The van der Waals surface area contributed by atoms with E-state index in [1.165, 1.54) is 6.07 Å². The van der Waals surface area contributed by atoms with Crippen molar-refractivity contribution in [2.24, 2.45) is 0 Å². The summed E-state index contributed by atoms with van der Waals surface area (Å²) in [5.41, 5.74) is 5.65. The third kappa shape index (κ3) is 2.71. The molecule has 1 heterocycles. The Morgan fingerprint density at radius 3 is 2.56 bits per heavy atom. The molecule has 1 saturated heterocycles. The molecular weight excluding hydrogens is 241 g/mol. The molecule has 0 bridgehead atoms. The van der Waals surface area contributed by atoms with Gasteiger partial charge in [0, 0.05) is 24.0 Å². The summed E-state index contributed by atoms with van der Waals surface area (Å²) < 4.78 is 38.2. The van der Waals surface area contributed by atoms with E-state index in [1.54, 1.807) is 6.07 Å². The number of hydrogen-bond donors (Lipinski definition) is 1. The Morgan fingerprint density at radius 2 is 1.94 bits per heavy atom. The van der Waals surface area contributed by atoms with Gasteiger partial charge in [0.05, 0.1) is 5.56 Å². The van der Waals surface area contributed by atoms with Crippen LogP contribution in [0.1, 0.15) is 31.7 Å². The second-order valence-corrected chi connectivity index (χ2v) is 4.85. The lowest BCUT2D eigenvalue weighted by molar-refractivity contribution is -0.137. The Morgan fingerprint density at radius 1 is 1.22 bits per heavy atom. The van der Waals surface area contributed by atoms with Crippen LogP contribution in [0.25, 0.3) is 0 Å². The Balaban J connectivity index is 2.35. The quantitative estimate of drug-likeness (QED) is 0.779. The number of nitrogen functional groups attached to an aromatic ring is 1. The van der Waals surface area contributed by atoms with Crippen LogP contribution in [0.2, 0.25) is 0 Å². The first-order chi connectivity index (χ1) is 8.38. The Labute approximate surface area is 105 Å². The molecular formula is C13H17F3N2. The summed E-state index contributed by atoms with van der Waals surface area (Å²) in [5, 5.41) is 0. The van der Waals surface area contributed by atoms with Crippen molar-refractivity contribution in [2.45, 2.75) is 38.4 Å². The van der Waals surface area contributed by atoms with Gasteiger partial charge < -0.3 is 10.6 Å². The molecule has 2 N–H and O–H groups in total. The Bertz CT molecular complexity index is 429. The van der Waals surface area contributed by atoms with E-state index in [-0.39, 0.29) is 11.7 Å². The molecule has 5 heteroatoms. The monoisotopic (exact) mass is 258 g/mol. The van der Waals surface area contributed by atoms with E-state index in [0.29, 0.717) is 5.69 Å². The van der Waals surface area contributed by atoms with Crippen LogP contribution < -0.4 is 10.6 Å². The van der Waals surface area contributed by atoms with Gasteiger partial charge >= 0.3 is 6.18 Å². The molecule has 100 valence electrons. The first kappa shape index (κ1) is 13.1. The zero-order valence-corrected chi connectivity index (χ0v) is 10.3. The van der Waals surface area contributed by atoms with Gasteiger partial charge in [-0.05, 0) is 44.4 Å². The predicted octanol–water partition coefficient (Wildman–Crippen LogP) is 3.67. The van der Waals surface area contributed by atoms with E-state index < -0.39 is 11.7 Å². The van der Waals surface area contributed by atoms with Crippen LogP contribution in [0, 0.1) is 0 Å². The van der Waals surface area contributed by atoms with Gasteiger partial charge in [0.2, 0.25) is 0 Å². The van der Waals surface area contributed by atoms with Gasteiger partial charge in [-0.25, -0.2) is 0 Å². The molecule has 2 nitrogen and oxygen atoms in total. The predicted molar refractivity (Wildman–Crippen MR) is 66.5 cm³/mol. The fraction of sp³-hybridized carbons (Fsp3) is 0.538. The van der Waals surface area contributed by atoms with Crippen molar-refractivity contribution >= 4 is 11.4 Å². The number of alkyl halides is 3. The molecule has 0 amide bonds. The molecule has 1 atom stereocenters. The minimum atomic E-state index is -4.34. The maximum Gasteiger partial charge on any atom is 0.416 e. The first-order valence-electron chi connectivity index (χ1n) is 6.12. The number of hydrogen-bond acceptors (Lipinski definition) is 2. The molecule has 1 aromatic carbocycles. The second-order valence-electron chi connectivity index (χ2n) is 4.85. The van der Waals surface area contributed by atoms with Crippen LogP contribution in [0.4, 0.5) is 24.5 Å². The minimum Gasteiger partial charge on any atom is -0.399 e. The van der Waals surface area contributed by atoms with Crippen LogP contribution in [0.5, 0.6) is 0 Å². The average Bonchev–Trinajstić information content (AvgIpc) is 2.27. The van der Waals surface area contributed by atoms with Gasteiger partial charge in [-0.3, -0.25) is 0 Å². The number of nitrogens with zero attached hydrogens (tertiary/aromatic N) is 1. The smallest absolute Gasteiger partial charge is 0.399 e. The largest absolute Gasteiger partial charge is 0.416 e. The summed E-state index contributed by atoms with van der Waals surface area (Å²) in [6.07, 6.45) is -1.19. The molecule has 0 saturated carbocycles. The van der Waals surface area contributed by atoms with Gasteiger partial charge in [0.1, 0.15) is 0 Å². The molecule has 1 aromatic rings. The summed E-state index contributed by atoms with van der Waals surface area (Å²) in [6, 6.07) is 4.06. The van der Waals surface area contributed by atoms with Crippen molar-refractivity contribution in [1.82, 2.24) is 0 Å². The molecule has 0 aromatic heterocycles. The van der Waals surface area contributed by atoms with E-state index in [4.69, 9.17) is 5.73 Å². The number of rotatable bonds is 1. The van der Waals surface area contributed by atoms with Crippen molar-refractivity contribution in [3.8, 4) is 0 Å². The average molecular weight is 258 g/mol. The minimum absolute atomic E-state index is 0.164. The van der Waals surface area contributed by atoms with Crippen molar-refractivity contribution in [3.05, 3.63) is 23.8 Å². The number of nitrogens with two attached hydrogens (primary N) is 1. The Hall–Kier alpha value is -1.39. The van der Waals surface area contributed by atoms with Crippen LogP contribution in [0.3, 0.4) is 0 Å². The van der Waals surface area contributed by atoms with E-state index >= 15 is 0 Å². The number of anilines is 2. The van der Waals surface area contributed by atoms with Crippen LogP contribution in [-0.4, -0.2) is 12.6 Å². The maximum atomic E-state index is 12.7. The molecule has 18 heavy (non-hydrogen) atoms. The van der Waals surface area contributed by atoms with Crippen LogP contribution in [0.15, 0.2) is 18.2 Å². The first-order valence-corrected chi connectivity index (χ1v) is 6.12. The van der Waals surface area contributed by atoms with Gasteiger partial charge in [-0.2, -0.15) is 13.2 Å². The van der Waals surface area contributed by atoms with Gasteiger partial charge in [-0.1, -0.05) is 0 Å². The van der Waals surface area contributed by atoms with E-state index in [2.05, 4.69) is 0 Å². The summed E-state index contributed by atoms with van der Waals surface area (Å²) >= 11 is 0. The highest BCUT2D eigenvalue weighted by Crippen LogP contribution is 2.35. The number of halogens is 3. The fourth-order valence-electron chi connectivity index (χ4n) is 2.45. The highest BCUT2D eigenvalue weighted by Gasteiger charge is 2.32. The number of piperidine rings is 1. The molecule has 1 aliphatic heterocycles. The van der Waals surface area contributed by atoms with Gasteiger partial charge in [0.25, 0.3) is 0 Å².